The lowest BCUT2D eigenvalue weighted by Crippen LogP contribution is -2.30. The molecule has 0 aliphatic carbocycles. The van der Waals surface area contributed by atoms with Gasteiger partial charge in [-0.1, -0.05) is 30.3 Å². The van der Waals surface area contributed by atoms with Gasteiger partial charge in [0.2, 0.25) is 11.5 Å². The van der Waals surface area contributed by atoms with Crippen LogP contribution in [0, 0.1) is 6.92 Å². The molecule has 1 N–H and O–H groups in total. The summed E-state index contributed by atoms with van der Waals surface area (Å²) in [6.45, 7) is 1.87. The van der Waals surface area contributed by atoms with E-state index >= 15 is 0 Å². The summed E-state index contributed by atoms with van der Waals surface area (Å²) >= 11 is 1.22. The number of Topliss-reactive ketones (excluding diaryl/α,β-unsaturated/α-hetero) is 1. The number of pyridine rings is 1. The molecular weight excluding hydrogens is 530 g/mol. The van der Waals surface area contributed by atoms with Crippen molar-refractivity contribution in [2.75, 3.05) is 21.3 Å². The molecule has 2 aromatic heterocycles. The number of aryl methyl sites for hydroxylation is 1. The van der Waals surface area contributed by atoms with Crippen molar-refractivity contribution in [3.8, 4) is 27.8 Å². The number of aromatic nitrogens is 2. The van der Waals surface area contributed by atoms with Crippen molar-refractivity contribution in [1.29, 1.82) is 0 Å². The second-order valence-electron chi connectivity index (χ2n) is 9.04. The molecule has 9 nitrogen and oxygen atoms in total. The Morgan fingerprint density at radius 3 is 2.25 bits per heavy atom. The average molecular weight is 558 g/mol. The average Bonchev–Trinajstić information content (AvgIpc) is 3.50. The van der Waals surface area contributed by atoms with Crippen LogP contribution in [0.1, 0.15) is 32.5 Å². The summed E-state index contributed by atoms with van der Waals surface area (Å²) in [5.41, 5.74) is 2.63. The monoisotopic (exact) mass is 557 g/mol. The minimum absolute atomic E-state index is 0.0420. The third-order valence-corrected chi connectivity index (χ3v) is 7.88. The van der Waals surface area contributed by atoms with Crippen LogP contribution in [0.3, 0.4) is 0 Å². The second-order valence-corrected chi connectivity index (χ2v) is 10.0. The largest absolute Gasteiger partial charge is 0.503 e. The second kappa shape index (κ2) is 11.2. The smallest absolute Gasteiger partial charge is 0.290 e. The first kappa shape index (κ1) is 26.9. The van der Waals surface area contributed by atoms with Crippen LogP contribution in [0.25, 0.3) is 10.6 Å². The molecule has 1 aliphatic heterocycles. The van der Waals surface area contributed by atoms with Gasteiger partial charge in [-0.15, -0.1) is 11.3 Å². The van der Waals surface area contributed by atoms with Gasteiger partial charge in [0, 0.05) is 24.5 Å². The number of benzene rings is 2. The maximum absolute atomic E-state index is 14.2. The van der Waals surface area contributed by atoms with Crippen molar-refractivity contribution in [3.05, 3.63) is 100 Å². The molecule has 0 radical (unpaired) electrons. The maximum atomic E-state index is 14.2. The number of amides is 1. The lowest BCUT2D eigenvalue weighted by molar-refractivity contribution is -0.130. The number of thiazole rings is 1. The molecule has 10 heteroatoms. The number of carbonyl (C=O) groups is 2. The Kier molecular flexibility index (Phi) is 7.52. The highest BCUT2D eigenvalue weighted by molar-refractivity contribution is 7.17. The van der Waals surface area contributed by atoms with Crippen LogP contribution in [0.15, 0.2) is 78.3 Å². The molecule has 4 aromatic rings. The summed E-state index contributed by atoms with van der Waals surface area (Å²) in [7, 11) is 4.47. The SMILES string of the molecule is COc1cc(C2C(C(=O)c3sc(-c4ccccc4)nc3C)=C(O)C(=O)N2Cc2ccncc2)cc(OC)c1OC. The summed E-state index contributed by atoms with van der Waals surface area (Å²) in [5, 5.41) is 11.9. The van der Waals surface area contributed by atoms with Crippen molar-refractivity contribution < 1.29 is 28.9 Å². The Hall–Kier alpha value is -4.70. The number of hydrogen-bond donors (Lipinski definition) is 1. The molecular formula is C30H27N3O6S. The molecule has 3 heterocycles. The van der Waals surface area contributed by atoms with E-state index in [2.05, 4.69) is 9.97 Å². The molecule has 1 unspecified atom stereocenters. The van der Waals surface area contributed by atoms with Gasteiger partial charge in [-0.3, -0.25) is 14.6 Å². The van der Waals surface area contributed by atoms with Crippen LogP contribution in [-0.4, -0.2) is 53.0 Å². The summed E-state index contributed by atoms with van der Waals surface area (Å²) in [4.78, 5) is 38.1. The van der Waals surface area contributed by atoms with Gasteiger partial charge in [-0.25, -0.2) is 4.98 Å². The van der Waals surface area contributed by atoms with Crippen molar-refractivity contribution in [3.63, 3.8) is 0 Å². The fraction of sp³-hybridized carbons (Fsp3) is 0.200. The number of methoxy groups -OCH3 is 3. The van der Waals surface area contributed by atoms with E-state index < -0.39 is 23.5 Å². The normalized spacial score (nSPS) is 14.9. The Bertz CT molecular complexity index is 1580. The zero-order valence-corrected chi connectivity index (χ0v) is 23.2. The molecule has 0 spiro atoms. The minimum atomic E-state index is -0.941. The van der Waals surface area contributed by atoms with E-state index in [4.69, 9.17) is 14.2 Å². The van der Waals surface area contributed by atoms with Gasteiger partial charge in [0.05, 0.1) is 43.5 Å². The minimum Gasteiger partial charge on any atom is -0.503 e. The van der Waals surface area contributed by atoms with Gasteiger partial charge in [0.15, 0.2) is 17.3 Å². The summed E-state index contributed by atoms with van der Waals surface area (Å²) < 4.78 is 16.6. The first-order chi connectivity index (χ1) is 19.4. The van der Waals surface area contributed by atoms with Crippen molar-refractivity contribution >= 4 is 23.0 Å². The van der Waals surface area contributed by atoms with Gasteiger partial charge >= 0.3 is 0 Å². The number of ether oxygens (including phenoxy) is 3. The van der Waals surface area contributed by atoms with Crippen molar-refractivity contribution in [2.24, 2.45) is 0 Å². The highest BCUT2D eigenvalue weighted by Crippen LogP contribution is 2.46. The molecule has 1 atom stereocenters. The Balaban J connectivity index is 1.65. The lowest BCUT2D eigenvalue weighted by atomic mass is 9.94. The number of hydrogen-bond acceptors (Lipinski definition) is 9. The molecule has 0 saturated carbocycles. The zero-order valence-electron chi connectivity index (χ0n) is 22.4. The van der Waals surface area contributed by atoms with Crippen molar-refractivity contribution in [2.45, 2.75) is 19.5 Å². The van der Waals surface area contributed by atoms with E-state index in [1.807, 2.05) is 30.3 Å². The molecule has 204 valence electrons. The standard InChI is InChI=1S/C30H27N3O6S/c1-17-28(40-29(32-17)19-8-6-5-7-9-19)25(34)23-24(20-14-21(37-2)27(39-4)22(15-20)38-3)33(30(36)26(23)35)16-18-10-12-31-13-11-18/h5-15,24,35H,16H2,1-4H3. The van der Waals surface area contributed by atoms with Crippen molar-refractivity contribution in [1.82, 2.24) is 14.9 Å². The van der Waals surface area contributed by atoms with Crippen LogP contribution in [-0.2, 0) is 11.3 Å². The zero-order chi connectivity index (χ0) is 28.4. The fourth-order valence-electron chi connectivity index (χ4n) is 4.77. The van der Waals surface area contributed by atoms with Crippen LogP contribution in [0.4, 0.5) is 0 Å². The molecule has 0 fully saturated rings. The number of ketones is 1. The molecule has 0 saturated heterocycles. The van der Waals surface area contributed by atoms with Gasteiger partial charge in [-0.2, -0.15) is 0 Å². The maximum Gasteiger partial charge on any atom is 0.290 e. The van der Waals surface area contributed by atoms with Gasteiger partial charge in [0.1, 0.15) is 5.01 Å². The number of aliphatic hydroxyl groups is 1. The van der Waals surface area contributed by atoms with E-state index in [-0.39, 0.29) is 12.1 Å². The molecule has 0 bridgehead atoms. The molecule has 5 rings (SSSR count). The lowest BCUT2D eigenvalue weighted by Gasteiger charge is -2.28. The van der Waals surface area contributed by atoms with Crippen LogP contribution in [0.2, 0.25) is 0 Å². The van der Waals surface area contributed by atoms with Gasteiger partial charge < -0.3 is 24.2 Å². The molecule has 1 aliphatic rings. The number of rotatable bonds is 9. The molecule has 2 aromatic carbocycles. The summed E-state index contributed by atoms with van der Waals surface area (Å²) in [6, 6.07) is 15.5. The molecule has 40 heavy (non-hydrogen) atoms. The summed E-state index contributed by atoms with van der Waals surface area (Å²) in [5.74, 6) is -0.667. The number of nitrogens with zero attached hydrogens (tertiary/aromatic N) is 3. The fourth-order valence-corrected chi connectivity index (χ4v) is 5.80. The highest BCUT2D eigenvalue weighted by Gasteiger charge is 2.45. The van der Waals surface area contributed by atoms with Crippen LogP contribution in [0.5, 0.6) is 17.2 Å². The quantitative estimate of drug-likeness (QED) is 0.276. The number of aliphatic hydroxyl groups excluding tert-OH is 1. The highest BCUT2D eigenvalue weighted by atomic mass is 32.1. The van der Waals surface area contributed by atoms with E-state index in [9.17, 15) is 14.7 Å². The van der Waals surface area contributed by atoms with Crippen LogP contribution < -0.4 is 14.2 Å². The first-order valence-electron chi connectivity index (χ1n) is 12.4. The number of carbonyl (C=O) groups excluding carboxylic acids is 2. The summed E-state index contributed by atoms with van der Waals surface area (Å²) in [6.07, 6.45) is 3.24. The topological polar surface area (TPSA) is 111 Å². The van der Waals surface area contributed by atoms with Crippen LogP contribution >= 0.6 is 11.3 Å². The predicted octanol–water partition coefficient (Wildman–Crippen LogP) is 5.32. The van der Waals surface area contributed by atoms with E-state index in [1.54, 1.807) is 43.6 Å². The van der Waals surface area contributed by atoms with E-state index in [0.717, 1.165) is 11.1 Å². The molecule has 1 amide bonds. The Morgan fingerprint density at radius 2 is 1.65 bits per heavy atom. The van der Waals surface area contributed by atoms with E-state index in [0.29, 0.717) is 38.4 Å². The Morgan fingerprint density at radius 1 is 1.00 bits per heavy atom. The van der Waals surface area contributed by atoms with Gasteiger partial charge in [-0.05, 0) is 42.3 Å². The third kappa shape index (κ3) is 4.77. The predicted molar refractivity (Wildman–Crippen MR) is 150 cm³/mol. The Labute approximate surface area is 235 Å². The van der Waals surface area contributed by atoms with E-state index in [1.165, 1.54) is 37.6 Å². The third-order valence-electron chi connectivity index (χ3n) is 6.68. The van der Waals surface area contributed by atoms with Gasteiger partial charge in [0.25, 0.3) is 5.91 Å². The first-order valence-corrected chi connectivity index (χ1v) is 13.2.